The van der Waals surface area contributed by atoms with E-state index < -0.39 is 11.9 Å². The van der Waals surface area contributed by atoms with Gasteiger partial charge in [0.25, 0.3) is 0 Å². The van der Waals surface area contributed by atoms with Gasteiger partial charge >= 0.3 is 11.9 Å². The third-order valence-corrected chi connectivity index (χ3v) is 5.68. The van der Waals surface area contributed by atoms with E-state index in [1.54, 1.807) is 24.3 Å². The van der Waals surface area contributed by atoms with Crippen molar-refractivity contribution in [3.05, 3.63) is 143 Å². The molecule has 2 atom stereocenters. The number of benzene rings is 4. The van der Waals surface area contributed by atoms with Gasteiger partial charge in [0.2, 0.25) is 0 Å². The zero-order chi connectivity index (χ0) is 22.5. The van der Waals surface area contributed by atoms with E-state index in [4.69, 9.17) is 0 Å². The molecule has 0 aliphatic rings. The largest absolute Gasteiger partial charge is 0.478 e. The molecule has 2 unspecified atom stereocenters. The summed E-state index contributed by atoms with van der Waals surface area (Å²) in [6.07, 6.45) is 0. The smallest absolute Gasteiger partial charge is 0.335 e. The van der Waals surface area contributed by atoms with E-state index in [-0.39, 0.29) is 23.0 Å². The molecule has 0 saturated heterocycles. The number of hydrogen-bond acceptors (Lipinski definition) is 2. The van der Waals surface area contributed by atoms with Crippen molar-refractivity contribution >= 4 is 11.9 Å². The standard InChI is InChI=1S/C28H22O4/c29-27(30)23-15-11-21(12-16-23)25(19-7-3-1-4-8-19)26(20-9-5-2-6-10-20)22-13-17-24(18-14-22)28(31)32/h1-18,25-26H,(H,29,30)(H,31,32). The van der Waals surface area contributed by atoms with Crippen molar-refractivity contribution in [1.82, 2.24) is 0 Å². The SMILES string of the molecule is O=C(O)c1ccc(C(c2ccccc2)C(c2ccccc2)c2ccc(C(=O)O)cc2)cc1. The number of carboxylic acids is 2. The van der Waals surface area contributed by atoms with E-state index in [2.05, 4.69) is 24.3 Å². The van der Waals surface area contributed by atoms with Crippen molar-refractivity contribution in [2.45, 2.75) is 11.8 Å². The van der Waals surface area contributed by atoms with E-state index in [9.17, 15) is 19.8 Å². The van der Waals surface area contributed by atoms with Crippen LogP contribution in [0, 0.1) is 0 Å². The van der Waals surface area contributed by atoms with Gasteiger partial charge < -0.3 is 10.2 Å². The van der Waals surface area contributed by atoms with E-state index in [0.29, 0.717) is 0 Å². The lowest BCUT2D eigenvalue weighted by Crippen LogP contribution is -2.15. The zero-order valence-corrected chi connectivity index (χ0v) is 17.3. The molecule has 2 N–H and O–H groups in total. The molecule has 4 aromatic carbocycles. The topological polar surface area (TPSA) is 74.6 Å². The van der Waals surface area contributed by atoms with Gasteiger partial charge in [0.05, 0.1) is 11.1 Å². The van der Waals surface area contributed by atoms with Gasteiger partial charge in [-0.05, 0) is 46.5 Å². The molecule has 0 amide bonds. The first-order chi connectivity index (χ1) is 15.5. The van der Waals surface area contributed by atoms with Gasteiger partial charge in [-0.3, -0.25) is 0 Å². The number of rotatable bonds is 7. The lowest BCUT2D eigenvalue weighted by atomic mass is 9.73. The molecule has 158 valence electrons. The highest BCUT2D eigenvalue weighted by molar-refractivity contribution is 5.88. The van der Waals surface area contributed by atoms with Gasteiger partial charge in [-0.25, -0.2) is 9.59 Å². The van der Waals surface area contributed by atoms with Crippen LogP contribution in [0.1, 0.15) is 54.8 Å². The Morgan fingerprint density at radius 3 is 1.00 bits per heavy atom. The Morgan fingerprint density at radius 1 is 0.438 bits per heavy atom. The molecule has 0 bridgehead atoms. The molecule has 4 aromatic rings. The molecule has 4 nitrogen and oxygen atoms in total. The summed E-state index contributed by atoms with van der Waals surface area (Å²) in [6, 6.07) is 34.1. The van der Waals surface area contributed by atoms with Crippen LogP contribution >= 0.6 is 0 Å². The Balaban J connectivity index is 1.90. The molecule has 4 rings (SSSR count). The van der Waals surface area contributed by atoms with Gasteiger partial charge in [-0.1, -0.05) is 84.9 Å². The Morgan fingerprint density at radius 2 is 0.719 bits per heavy atom. The number of carboxylic acid groups (broad SMARTS) is 2. The van der Waals surface area contributed by atoms with Crippen molar-refractivity contribution in [3.8, 4) is 0 Å². The summed E-state index contributed by atoms with van der Waals surface area (Å²) in [6.45, 7) is 0. The molecule has 0 saturated carbocycles. The molecular weight excluding hydrogens is 400 g/mol. The van der Waals surface area contributed by atoms with Crippen molar-refractivity contribution < 1.29 is 19.8 Å². The quantitative estimate of drug-likeness (QED) is 0.380. The molecule has 0 aliphatic carbocycles. The Kier molecular flexibility index (Phi) is 6.13. The van der Waals surface area contributed by atoms with Gasteiger partial charge in [0.1, 0.15) is 0 Å². The molecule has 0 radical (unpaired) electrons. The summed E-state index contributed by atoms with van der Waals surface area (Å²) in [5.74, 6) is -2.12. The van der Waals surface area contributed by atoms with Gasteiger partial charge in [-0.2, -0.15) is 0 Å². The van der Waals surface area contributed by atoms with Gasteiger partial charge in [0, 0.05) is 11.8 Å². The fraction of sp³-hybridized carbons (Fsp3) is 0.0714. The van der Waals surface area contributed by atoms with Crippen LogP contribution in [-0.2, 0) is 0 Å². The minimum atomic E-state index is -0.961. The second-order valence-corrected chi connectivity index (χ2v) is 7.63. The highest BCUT2D eigenvalue weighted by Crippen LogP contribution is 2.43. The molecule has 32 heavy (non-hydrogen) atoms. The molecule has 0 spiro atoms. The van der Waals surface area contributed by atoms with Crippen molar-refractivity contribution in [3.63, 3.8) is 0 Å². The molecule has 4 heteroatoms. The summed E-state index contributed by atoms with van der Waals surface area (Å²) in [7, 11) is 0. The van der Waals surface area contributed by atoms with Crippen molar-refractivity contribution in [2.75, 3.05) is 0 Å². The van der Waals surface area contributed by atoms with Crippen LogP contribution in [0.4, 0.5) is 0 Å². The third kappa shape index (κ3) is 4.44. The highest BCUT2D eigenvalue weighted by atomic mass is 16.4. The third-order valence-electron chi connectivity index (χ3n) is 5.68. The summed E-state index contributed by atoms with van der Waals surface area (Å²) in [5, 5.41) is 18.6. The maximum Gasteiger partial charge on any atom is 0.335 e. The summed E-state index contributed by atoms with van der Waals surface area (Å²) in [4.78, 5) is 22.7. The minimum absolute atomic E-state index is 0.0999. The molecule has 0 heterocycles. The van der Waals surface area contributed by atoms with E-state index in [0.717, 1.165) is 22.3 Å². The Hall–Kier alpha value is -4.18. The monoisotopic (exact) mass is 422 g/mol. The van der Waals surface area contributed by atoms with Crippen LogP contribution in [0.3, 0.4) is 0 Å². The normalized spacial score (nSPS) is 12.6. The minimum Gasteiger partial charge on any atom is -0.478 e. The average molecular weight is 422 g/mol. The second kappa shape index (κ2) is 9.31. The molecule has 0 aliphatic heterocycles. The van der Waals surface area contributed by atoms with Crippen molar-refractivity contribution in [1.29, 1.82) is 0 Å². The molecule has 0 fully saturated rings. The number of hydrogen-bond donors (Lipinski definition) is 2. The Labute approximate surface area is 186 Å². The number of carbonyl (C=O) groups is 2. The van der Waals surface area contributed by atoms with Crippen LogP contribution in [0.25, 0.3) is 0 Å². The van der Waals surface area contributed by atoms with Crippen molar-refractivity contribution in [2.24, 2.45) is 0 Å². The first kappa shape index (κ1) is 21.1. The lowest BCUT2D eigenvalue weighted by Gasteiger charge is -2.29. The summed E-state index contributed by atoms with van der Waals surface area (Å²) in [5.41, 5.74) is 4.62. The first-order valence-corrected chi connectivity index (χ1v) is 10.3. The van der Waals surface area contributed by atoms with Crippen LogP contribution in [-0.4, -0.2) is 22.2 Å². The average Bonchev–Trinajstić information content (AvgIpc) is 2.84. The van der Waals surface area contributed by atoms with E-state index in [1.807, 2.05) is 60.7 Å². The molecule has 0 aromatic heterocycles. The van der Waals surface area contributed by atoms with E-state index in [1.165, 1.54) is 0 Å². The van der Waals surface area contributed by atoms with Gasteiger partial charge in [0.15, 0.2) is 0 Å². The lowest BCUT2D eigenvalue weighted by molar-refractivity contribution is 0.0686. The predicted molar refractivity (Wildman–Crippen MR) is 123 cm³/mol. The van der Waals surface area contributed by atoms with Crippen LogP contribution in [0.15, 0.2) is 109 Å². The maximum atomic E-state index is 11.4. The van der Waals surface area contributed by atoms with Crippen LogP contribution in [0.2, 0.25) is 0 Å². The number of aromatic carboxylic acids is 2. The second-order valence-electron chi connectivity index (χ2n) is 7.63. The van der Waals surface area contributed by atoms with Gasteiger partial charge in [-0.15, -0.1) is 0 Å². The fourth-order valence-electron chi connectivity index (χ4n) is 4.14. The summed E-state index contributed by atoms with van der Waals surface area (Å²) < 4.78 is 0. The van der Waals surface area contributed by atoms with Crippen LogP contribution in [0.5, 0.6) is 0 Å². The Bertz CT molecular complexity index is 1100. The van der Waals surface area contributed by atoms with Crippen LogP contribution < -0.4 is 0 Å². The van der Waals surface area contributed by atoms with E-state index >= 15 is 0 Å². The predicted octanol–water partition coefficient (Wildman–Crippen LogP) is 6.05. The zero-order valence-electron chi connectivity index (χ0n) is 17.3. The maximum absolute atomic E-state index is 11.4. The first-order valence-electron chi connectivity index (χ1n) is 10.3. The fourth-order valence-corrected chi connectivity index (χ4v) is 4.14. The summed E-state index contributed by atoms with van der Waals surface area (Å²) >= 11 is 0. The highest BCUT2D eigenvalue weighted by Gasteiger charge is 2.28. The molecular formula is C28H22O4.